The van der Waals surface area contributed by atoms with Crippen molar-refractivity contribution < 1.29 is 14.6 Å². The van der Waals surface area contributed by atoms with Crippen LogP contribution in [-0.4, -0.2) is 55.5 Å². The molecule has 0 bridgehead atoms. The van der Waals surface area contributed by atoms with Gasteiger partial charge in [0.05, 0.1) is 32.1 Å². The van der Waals surface area contributed by atoms with Crippen LogP contribution in [0.1, 0.15) is 0 Å². The Morgan fingerprint density at radius 1 is 1.32 bits per heavy atom. The lowest BCUT2D eigenvalue weighted by molar-refractivity contribution is -0.118. The van der Waals surface area contributed by atoms with Crippen LogP contribution in [0.3, 0.4) is 0 Å². The first kappa shape index (κ1) is 13.8. The summed E-state index contributed by atoms with van der Waals surface area (Å²) >= 11 is 0. The molecule has 2 rings (SSSR count). The average Bonchev–Trinajstić information content (AvgIpc) is 2.43. The van der Waals surface area contributed by atoms with E-state index in [0.717, 1.165) is 5.71 Å². The highest BCUT2D eigenvalue weighted by molar-refractivity contribution is 6.21. The maximum absolute atomic E-state index is 11.8. The summed E-state index contributed by atoms with van der Waals surface area (Å²) in [5, 5.41) is 11.6. The van der Waals surface area contributed by atoms with Crippen LogP contribution < -0.4 is 5.32 Å². The SMILES string of the molecule is O=C1N=C(CNCCOCCO)N=C2C=CC=CC12. The van der Waals surface area contributed by atoms with Gasteiger partial charge in [-0.1, -0.05) is 18.2 Å². The molecule has 102 valence electrons. The van der Waals surface area contributed by atoms with Gasteiger partial charge in [-0.05, 0) is 6.08 Å². The predicted molar refractivity (Wildman–Crippen MR) is 72.4 cm³/mol. The Kier molecular flexibility index (Phi) is 5.14. The van der Waals surface area contributed by atoms with Gasteiger partial charge in [0.1, 0.15) is 11.8 Å². The van der Waals surface area contributed by atoms with Gasteiger partial charge in [0.2, 0.25) is 0 Å². The number of carbonyl (C=O) groups is 1. The zero-order valence-corrected chi connectivity index (χ0v) is 10.6. The molecule has 0 spiro atoms. The van der Waals surface area contributed by atoms with Crippen molar-refractivity contribution in [3.63, 3.8) is 0 Å². The van der Waals surface area contributed by atoms with E-state index in [0.29, 0.717) is 32.1 Å². The third kappa shape index (κ3) is 3.92. The van der Waals surface area contributed by atoms with E-state index in [4.69, 9.17) is 9.84 Å². The fourth-order valence-electron chi connectivity index (χ4n) is 1.81. The van der Waals surface area contributed by atoms with Crippen LogP contribution >= 0.6 is 0 Å². The molecule has 0 radical (unpaired) electrons. The summed E-state index contributed by atoms with van der Waals surface area (Å²) in [6.07, 6.45) is 7.33. The highest BCUT2D eigenvalue weighted by Crippen LogP contribution is 2.15. The van der Waals surface area contributed by atoms with Crippen molar-refractivity contribution in [1.82, 2.24) is 5.32 Å². The van der Waals surface area contributed by atoms with Gasteiger partial charge in [-0.15, -0.1) is 0 Å². The molecule has 0 aromatic carbocycles. The van der Waals surface area contributed by atoms with Crippen molar-refractivity contribution in [1.29, 1.82) is 0 Å². The Morgan fingerprint density at radius 2 is 2.21 bits per heavy atom. The minimum Gasteiger partial charge on any atom is -0.394 e. The van der Waals surface area contributed by atoms with Crippen molar-refractivity contribution in [3.05, 3.63) is 24.3 Å². The largest absolute Gasteiger partial charge is 0.394 e. The molecule has 1 atom stereocenters. The minimum absolute atomic E-state index is 0.0239. The molecular formula is C13H17N3O3. The van der Waals surface area contributed by atoms with Crippen LogP contribution in [0, 0.1) is 5.92 Å². The van der Waals surface area contributed by atoms with Crippen molar-refractivity contribution in [2.24, 2.45) is 15.9 Å². The van der Waals surface area contributed by atoms with Gasteiger partial charge in [-0.2, -0.15) is 4.99 Å². The number of nitrogens with one attached hydrogen (secondary N) is 1. The molecule has 2 aliphatic rings. The number of hydrogen-bond donors (Lipinski definition) is 2. The zero-order chi connectivity index (χ0) is 13.5. The van der Waals surface area contributed by atoms with Crippen molar-refractivity contribution in [3.8, 4) is 0 Å². The highest BCUT2D eigenvalue weighted by atomic mass is 16.5. The highest BCUT2D eigenvalue weighted by Gasteiger charge is 2.25. The summed E-state index contributed by atoms with van der Waals surface area (Å²) in [6, 6.07) is 0. The zero-order valence-electron chi connectivity index (χ0n) is 10.6. The maximum atomic E-state index is 11.8. The van der Waals surface area contributed by atoms with Gasteiger partial charge in [0.15, 0.2) is 0 Å². The van der Waals surface area contributed by atoms with Crippen LogP contribution in [0.2, 0.25) is 0 Å². The van der Waals surface area contributed by atoms with Gasteiger partial charge < -0.3 is 15.2 Å². The van der Waals surface area contributed by atoms with Crippen LogP contribution in [0.4, 0.5) is 0 Å². The van der Waals surface area contributed by atoms with Gasteiger partial charge in [0.25, 0.3) is 5.91 Å². The number of hydrogen-bond acceptors (Lipinski definition) is 5. The van der Waals surface area contributed by atoms with Gasteiger partial charge in [-0.25, -0.2) is 4.99 Å². The Hall–Kier alpha value is -1.63. The summed E-state index contributed by atoms with van der Waals surface area (Å²) in [6.45, 7) is 1.92. The van der Waals surface area contributed by atoms with E-state index in [-0.39, 0.29) is 18.4 Å². The molecule has 1 aliphatic carbocycles. The van der Waals surface area contributed by atoms with E-state index in [1.165, 1.54) is 0 Å². The number of fused-ring (bicyclic) bond motifs is 1. The minimum atomic E-state index is -0.318. The van der Waals surface area contributed by atoms with Gasteiger partial charge >= 0.3 is 0 Å². The molecule has 0 aromatic heterocycles. The summed E-state index contributed by atoms with van der Waals surface area (Å²) in [4.78, 5) is 20.1. The third-order valence-corrected chi connectivity index (χ3v) is 2.71. The predicted octanol–water partition coefficient (Wildman–Crippen LogP) is -0.293. The van der Waals surface area contributed by atoms with E-state index in [1.54, 1.807) is 6.08 Å². The first-order valence-corrected chi connectivity index (χ1v) is 6.25. The fourth-order valence-corrected chi connectivity index (χ4v) is 1.81. The van der Waals surface area contributed by atoms with E-state index in [9.17, 15) is 4.79 Å². The summed E-state index contributed by atoms with van der Waals surface area (Å²) < 4.78 is 5.10. The van der Waals surface area contributed by atoms with Crippen LogP contribution in [-0.2, 0) is 9.53 Å². The topological polar surface area (TPSA) is 83.3 Å². The molecule has 2 N–H and O–H groups in total. The summed E-state index contributed by atoms with van der Waals surface area (Å²) in [7, 11) is 0. The Labute approximate surface area is 111 Å². The molecule has 0 fully saturated rings. The number of amides is 1. The molecule has 1 aliphatic heterocycles. The van der Waals surface area contributed by atoms with Crippen molar-refractivity contribution in [2.75, 3.05) is 32.9 Å². The number of aliphatic imine (C=N–C) groups is 2. The van der Waals surface area contributed by atoms with Gasteiger partial charge in [-0.3, -0.25) is 4.79 Å². The second-order valence-electron chi connectivity index (χ2n) is 4.14. The molecule has 6 nitrogen and oxygen atoms in total. The average molecular weight is 263 g/mol. The molecule has 0 saturated heterocycles. The van der Waals surface area contributed by atoms with E-state index < -0.39 is 0 Å². The Morgan fingerprint density at radius 3 is 3.05 bits per heavy atom. The number of ether oxygens (including phenoxy) is 1. The monoisotopic (exact) mass is 263 g/mol. The fraction of sp³-hybridized carbons (Fsp3) is 0.462. The van der Waals surface area contributed by atoms with E-state index in [1.807, 2.05) is 18.2 Å². The molecule has 1 unspecified atom stereocenters. The third-order valence-electron chi connectivity index (χ3n) is 2.71. The standard InChI is InChI=1S/C13H17N3O3/c17-6-8-19-7-5-14-9-12-15-11-4-2-1-3-10(11)13(18)16-12/h1-4,10,14,17H,5-9H2. The molecule has 19 heavy (non-hydrogen) atoms. The number of allylic oxidation sites excluding steroid dienone is 3. The van der Waals surface area contributed by atoms with Crippen molar-refractivity contribution in [2.45, 2.75) is 0 Å². The number of aliphatic hydroxyl groups excluding tert-OH is 1. The maximum Gasteiger partial charge on any atom is 0.260 e. The second-order valence-corrected chi connectivity index (χ2v) is 4.14. The van der Waals surface area contributed by atoms with E-state index in [2.05, 4.69) is 15.3 Å². The second kappa shape index (κ2) is 7.08. The summed E-state index contributed by atoms with van der Waals surface area (Å²) in [5.41, 5.74) is 0.746. The number of carbonyl (C=O) groups excluding carboxylic acids is 1. The molecule has 6 heteroatoms. The number of rotatable bonds is 7. The number of amidine groups is 1. The Bertz CT molecular complexity index is 452. The molecule has 0 aromatic rings. The molecular weight excluding hydrogens is 246 g/mol. The number of nitrogens with zero attached hydrogens (tertiary/aromatic N) is 2. The van der Waals surface area contributed by atoms with Crippen LogP contribution in [0.15, 0.2) is 34.3 Å². The smallest absolute Gasteiger partial charge is 0.260 e. The van der Waals surface area contributed by atoms with Crippen LogP contribution in [0.5, 0.6) is 0 Å². The summed E-state index contributed by atoms with van der Waals surface area (Å²) in [5.74, 6) is 0.0129. The lowest BCUT2D eigenvalue weighted by Gasteiger charge is -2.17. The lowest BCUT2D eigenvalue weighted by Crippen LogP contribution is -2.32. The quantitative estimate of drug-likeness (QED) is 0.618. The van der Waals surface area contributed by atoms with Crippen LogP contribution in [0.25, 0.3) is 0 Å². The first-order chi connectivity index (χ1) is 9.31. The Balaban J connectivity index is 1.79. The molecule has 1 heterocycles. The molecule has 0 saturated carbocycles. The normalized spacial score (nSPS) is 21.1. The lowest BCUT2D eigenvalue weighted by atomic mass is 9.96. The molecule has 1 amide bonds. The van der Waals surface area contributed by atoms with E-state index >= 15 is 0 Å². The van der Waals surface area contributed by atoms with Crippen molar-refractivity contribution >= 4 is 17.5 Å². The number of aliphatic hydroxyl groups is 1. The van der Waals surface area contributed by atoms with Gasteiger partial charge in [0, 0.05) is 6.54 Å². The first-order valence-electron chi connectivity index (χ1n) is 6.25.